The molecule has 1 aromatic carbocycles. The summed E-state index contributed by atoms with van der Waals surface area (Å²) in [6.45, 7) is 23.7. The fourth-order valence-corrected chi connectivity index (χ4v) is 4.03. The van der Waals surface area contributed by atoms with Gasteiger partial charge in [0, 0.05) is 0 Å². The lowest BCUT2D eigenvalue weighted by molar-refractivity contribution is 0.389. The van der Waals surface area contributed by atoms with Crippen molar-refractivity contribution in [1.82, 2.24) is 0 Å². The van der Waals surface area contributed by atoms with Gasteiger partial charge in [-0.05, 0) is 97.6 Å². The Labute approximate surface area is 139 Å². The second kappa shape index (κ2) is 6.77. The predicted molar refractivity (Wildman–Crippen MR) is 101 cm³/mol. The van der Waals surface area contributed by atoms with Crippen molar-refractivity contribution >= 4 is 0 Å². The van der Waals surface area contributed by atoms with Crippen LogP contribution in [-0.4, -0.2) is 0 Å². The average molecular weight is 303 g/mol. The standard InChI is InChI=1S/C22H38/c1-11-21(9,12-2)19-17(7)15(5)16(6)18(8)20(19)22(10,13-3)14-4/h11-14H2,1-10H3. The minimum Gasteiger partial charge on any atom is -0.0645 e. The van der Waals surface area contributed by atoms with E-state index >= 15 is 0 Å². The molecule has 0 aliphatic carbocycles. The first kappa shape index (κ1) is 19.3. The Balaban J connectivity index is 3.97. The summed E-state index contributed by atoms with van der Waals surface area (Å²) in [5.41, 5.74) is 9.96. The van der Waals surface area contributed by atoms with Crippen LogP contribution in [0.2, 0.25) is 0 Å². The van der Waals surface area contributed by atoms with E-state index < -0.39 is 0 Å². The van der Waals surface area contributed by atoms with Crippen LogP contribution in [0.15, 0.2) is 0 Å². The van der Waals surface area contributed by atoms with E-state index in [9.17, 15) is 0 Å². The van der Waals surface area contributed by atoms with Crippen LogP contribution < -0.4 is 0 Å². The van der Waals surface area contributed by atoms with E-state index in [0.29, 0.717) is 0 Å². The third-order valence-corrected chi connectivity index (χ3v) is 7.02. The Bertz CT molecular complexity index is 477. The molecule has 0 fully saturated rings. The molecule has 0 N–H and O–H groups in total. The van der Waals surface area contributed by atoms with Gasteiger partial charge in [0.1, 0.15) is 0 Å². The van der Waals surface area contributed by atoms with Gasteiger partial charge in [0.25, 0.3) is 0 Å². The van der Waals surface area contributed by atoms with E-state index in [0.717, 1.165) is 0 Å². The minimum absolute atomic E-state index is 0.286. The lowest BCUT2D eigenvalue weighted by Crippen LogP contribution is -2.32. The summed E-state index contributed by atoms with van der Waals surface area (Å²) in [4.78, 5) is 0. The Kier molecular flexibility index (Phi) is 5.93. The maximum absolute atomic E-state index is 2.47. The van der Waals surface area contributed by atoms with Gasteiger partial charge in [-0.2, -0.15) is 0 Å². The van der Waals surface area contributed by atoms with Gasteiger partial charge in [0.15, 0.2) is 0 Å². The summed E-state index contributed by atoms with van der Waals surface area (Å²) in [6, 6.07) is 0. The van der Waals surface area contributed by atoms with E-state index in [1.807, 2.05) is 0 Å². The lowest BCUT2D eigenvalue weighted by Gasteiger charge is -2.41. The van der Waals surface area contributed by atoms with E-state index in [1.54, 1.807) is 11.1 Å². The Morgan fingerprint density at radius 2 is 0.727 bits per heavy atom. The second-order valence-corrected chi connectivity index (χ2v) is 7.79. The van der Waals surface area contributed by atoms with Crippen molar-refractivity contribution in [3.63, 3.8) is 0 Å². The molecule has 0 saturated heterocycles. The highest BCUT2D eigenvalue weighted by molar-refractivity contribution is 5.55. The molecular weight excluding hydrogens is 264 g/mol. The molecule has 0 amide bonds. The lowest BCUT2D eigenvalue weighted by atomic mass is 9.64. The second-order valence-electron chi connectivity index (χ2n) is 7.79. The third-order valence-electron chi connectivity index (χ3n) is 7.02. The van der Waals surface area contributed by atoms with Gasteiger partial charge in [0.05, 0.1) is 0 Å². The van der Waals surface area contributed by atoms with Crippen molar-refractivity contribution in [3.05, 3.63) is 33.4 Å². The van der Waals surface area contributed by atoms with E-state index in [4.69, 9.17) is 0 Å². The number of rotatable bonds is 6. The van der Waals surface area contributed by atoms with Gasteiger partial charge in [-0.3, -0.25) is 0 Å². The molecule has 0 atom stereocenters. The molecule has 0 spiro atoms. The first-order valence-corrected chi connectivity index (χ1v) is 9.24. The Hall–Kier alpha value is -0.780. The van der Waals surface area contributed by atoms with E-state index in [-0.39, 0.29) is 10.8 Å². The summed E-state index contributed by atoms with van der Waals surface area (Å²) in [5.74, 6) is 0. The summed E-state index contributed by atoms with van der Waals surface area (Å²) in [7, 11) is 0. The van der Waals surface area contributed by atoms with Gasteiger partial charge in [-0.25, -0.2) is 0 Å². The quantitative estimate of drug-likeness (QED) is 0.527. The fourth-order valence-electron chi connectivity index (χ4n) is 4.03. The molecule has 0 bridgehead atoms. The van der Waals surface area contributed by atoms with Gasteiger partial charge < -0.3 is 0 Å². The van der Waals surface area contributed by atoms with Gasteiger partial charge in [-0.15, -0.1) is 0 Å². The molecule has 0 radical (unpaired) electrons. The number of hydrogen-bond acceptors (Lipinski definition) is 0. The van der Waals surface area contributed by atoms with Crippen LogP contribution in [0.25, 0.3) is 0 Å². The van der Waals surface area contributed by atoms with Crippen LogP contribution in [0.4, 0.5) is 0 Å². The molecule has 1 aromatic rings. The van der Waals surface area contributed by atoms with Crippen molar-refractivity contribution < 1.29 is 0 Å². The molecule has 0 unspecified atom stereocenters. The van der Waals surface area contributed by atoms with E-state index in [1.165, 1.54) is 47.9 Å². The maximum atomic E-state index is 2.47. The first-order valence-electron chi connectivity index (χ1n) is 9.24. The van der Waals surface area contributed by atoms with Crippen molar-refractivity contribution in [2.45, 2.75) is 106 Å². The largest absolute Gasteiger partial charge is 0.0645 e. The molecule has 0 heterocycles. The van der Waals surface area contributed by atoms with Gasteiger partial charge in [-0.1, -0.05) is 41.5 Å². The summed E-state index contributed by atoms with van der Waals surface area (Å²) in [5, 5.41) is 0. The molecule has 0 aliphatic heterocycles. The highest BCUT2D eigenvalue weighted by Crippen LogP contribution is 2.46. The van der Waals surface area contributed by atoms with Crippen molar-refractivity contribution in [1.29, 1.82) is 0 Å². The monoisotopic (exact) mass is 302 g/mol. The molecule has 0 aliphatic rings. The fraction of sp³-hybridized carbons (Fsp3) is 0.727. The molecular formula is C22H38. The minimum atomic E-state index is 0.286. The Morgan fingerprint density at radius 3 is 0.909 bits per heavy atom. The van der Waals surface area contributed by atoms with Crippen molar-refractivity contribution in [3.8, 4) is 0 Å². The zero-order valence-electron chi connectivity index (χ0n) is 16.8. The molecule has 0 aromatic heterocycles. The maximum Gasteiger partial charge on any atom is -0.00747 e. The summed E-state index contributed by atoms with van der Waals surface area (Å²) < 4.78 is 0. The number of benzene rings is 1. The normalized spacial score (nSPS) is 12.8. The predicted octanol–water partition coefficient (Wildman–Crippen LogP) is 7.08. The van der Waals surface area contributed by atoms with Gasteiger partial charge in [0.2, 0.25) is 0 Å². The van der Waals surface area contributed by atoms with Crippen LogP contribution in [0.3, 0.4) is 0 Å². The Morgan fingerprint density at radius 1 is 0.500 bits per heavy atom. The van der Waals surface area contributed by atoms with Crippen molar-refractivity contribution in [2.24, 2.45) is 0 Å². The molecule has 0 heteroatoms. The van der Waals surface area contributed by atoms with Crippen LogP contribution in [0, 0.1) is 27.7 Å². The number of hydrogen-bond donors (Lipinski definition) is 0. The summed E-state index contributed by atoms with van der Waals surface area (Å²) >= 11 is 0. The zero-order valence-corrected chi connectivity index (χ0v) is 16.8. The third kappa shape index (κ3) is 2.86. The van der Waals surface area contributed by atoms with Gasteiger partial charge >= 0.3 is 0 Å². The smallest absolute Gasteiger partial charge is 0.00747 e. The highest BCUT2D eigenvalue weighted by Gasteiger charge is 2.36. The first-order chi connectivity index (χ1) is 10.1. The van der Waals surface area contributed by atoms with Crippen LogP contribution in [0.1, 0.15) is 101 Å². The highest BCUT2D eigenvalue weighted by atomic mass is 14.4. The van der Waals surface area contributed by atoms with Crippen LogP contribution in [0.5, 0.6) is 0 Å². The summed E-state index contributed by atoms with van der Waals surface area (Å²) in [6.07, 6.45) is 4.84. The van der Waals surface area contributed by atoms with Crippen LogP contribution >= 0.6 is 0 Å². The molecule has 126 valence electrons. The van der Waals surface area contributed by atoms with Crippen LogP contribution in [-0.2, 0) is 10.8 Å². The molecule has 1 rings (SSSR count). The molecule has 22 heavy (non-hydrogen) atoms. The molecule has 0 nitrogen and oxygen atoms in total. The van der Waals surface area contributed by atoms with E-state index in [2.05, 4.69) is 69.2 Å². The average Bonchev–Trinajstić information content (AvgIpc) is 2.54. The SMILES string of the molecule is CCC(C)(CC)c1c(C)c(C)c(C)c(C)c1C(C)(CC)CC. The zero-order chi connectivity index (χ0) is 17.3. The van der Waals surface area contributed by atoms with Crippen molar-refractivity contribution in [2.75, 3.05) is 0 Å². The molecule has 0 saturated carbocycles. The topological polar surface area (TPSA) is 0 Å².